The molecule has 0 amide bonds. The number of ketones is 1. The van der Waals surface area contributed by atoms with Crippen LogP contribution in [-0.4, -0.2) is 10.1 Å². The number of carbonyl (C=O) groups is 1. The van der Waals surface area contributed by atoms with Gasteiger partial charge in [-0.05, 0) is 50.0 Å². The van der Waals surface area contributed by atoms with Crippen molar-refractivity contribution < 1.29 is 9.36 Å². The van der Waals surface area contributed by atoms with Gasteiger partial charge in [0.2, 0.25) is 0 Å². The summed E-state index contributed by atoms with van der Waals surface area (Å²) >= 11 is 32.2. The molecule has 0 aliphatic heterocycles. The van der Waals surface area contributed by atoms with Gasteiger partial charge in [-0.15, -0.1) is 0 Å². The summed E-state index contributed by atoms with van der Waals surface area (Å²) in [5, 5.41) is 0.0735. The predicted molar refractivity (Wildman–Crippen MR) is 132 cm³/mol. The molecular formula is C22H24Cl5O2P. The van der Waals surface area contributed by atoms with Gasteiger partial charge in [-0.1, -0.05) is 107 Å². The Labute approximate surface area is 203 Å². The van der Waals surface area contributed by atoms with E-state index in [0.29, 0.717) is 16.7 Å². The average molecular weight is 529 g/mol. The molecule has 0 spiro atoms. The SMILES string of the molecule is CC(C)(C)C1=C(Cl)C(Cl)(Cl)C(C(C)(C)C)=C(C(=CP(=O)(Cl)Cl)c2ccccc2)C1=O. The topological polar surface area (TPSA) is 34.1 Å². The monoisotopic (exact) mass is 526 g/mol. The third-order valence-electron chi connectivity index (χ3n) is 4.65. The fourth-order valence-electron chi connectivity index (χ4n) is 3.59. The van der Waals surface area contributed by atoms with E-state index in [9.17, 15) is 9.36 Å². The fraction of sp³-hybridized carbons (Fsp3) is 0.409. The molecule has 1 aromatic rings. The van der Waals surface area contributed by atoms with Crippen LogP contribution < -0.4 is 0 Å². The third-order valence-corrected chi connectivity index (χ3v) is 7.21. The summed E-state index contributed by atoms with van der Waals surface area (Å²) in [4.78, 5) is 13.9. The van der Waals surface area contributed by atoms with Gasteiger partial charge in [0, 0.05) is 17.0 Å². The van der Waals surface area contributed by atoms with Crippen LogP contribution in [0.1, 0.15) is 47.1 Å². The van der Waals surface area contributed by atoms with E-state index >= 15 is 0 Å². The first kappa shape index (κ1) is 26.0. The molecule has 0 N–H and O–H groups in total. The van der Waals surface area contributed by atoms with Gasteiger partial charge >= 0.3 is 0 Å². The van der Waals surface area contributed by atoms with Crippen molar-refractivity contribution in [1.29, 1.82) is 0 Å². The molecule has 0 radical (unpaired) electrons. The van der Waals surface area contributed by atoms with Crippen LogP contribution in [0.5, 0.6) is 0 Å². The second-order valence-corrected chi connectivity index (χ2v) is 15.8. The first-order chi connectivity index (χ1) is 13.4. The number of Topliss-reactive ketones (excluding diaryl/α,β-unsaturated/α-hetero) is 1. The van der Waals surface area contributed by atoms with Crippen molar-refractivity contribution in [2.45, 2.75) is 45.9 Å². The lowest BCUT2D eigenvalue weighted by molar-refractivity contribution is -0.113. The summed E-state index contributed by atoms with van der Waals surface area (Å²) in [6.45, 7) is 11.2. The second-order valence-electron chi connectivity index (χ2n) is 9.25. The maximum atomic E-state index is 13.9. The smallest absolute Gasteiger partial charge is 0.275 e. The van der Waals surface area contributed by atoms with Gasteiger partial charge < -0.3 is 0 Å². The number of benzene rings is 1. The highest BCUT2D eigenvalue weighted by atomic mass is 35.9. The van der Waals surface area contributed by atoms with E-state index in [4.69, 9.17) is 57.3 Å². The highest BCUT2D eigenvalue weighted by molar-refractivity contribution is 8.10. The van der Waals surface area contributed by atoms with Crippen LogP contribution in [0.2, 0.25) is 0 Å². The Balaban J connectivity index is 3.07. The Kier molecular flexibility index (Phi) is 7.48. The number of halogens is 5. The van der Waals surface area contributed by atoms with Gasteiger partial charge in [0.15, 0.2) is 10.1 Å². The second kappa shape index (κ2) is 8.62. The van der Waals surface area contributed by atoms with Gasteiger partial charge in [0.1, 0.15) is 0 Å². The molecule has 164 valence electrons. The molecule has 2 rings (SSSR count). The van der Waals surface area contributed by atoms with Crippen LogP contribution in [0.3, 0.4) is 0 Å². The highest BCUT2D eigenvalue weighted by Gasteiger charge is 2.51. The van der Waals surface area contributed by atoms with Crippen LogP contribution in [0, 0.1) is 10.8 Å². The number of rotatable bonds is 3. The van der Waals surface area contributed by atoms with Gasteiger partial charge in [0.05, 0.1) is 5.03 Å². The fourth-order valence-corrected chi connectivity index (χ4v) is 6.16. The summed E-state index contributed by atoms with van der Waals surface area (Å²) in [6, 6.07) is 8.97. The standard InChI is InChI=1S/C22H24Cl5O2P/c1-20(2,3)16-17(28)15(18(21(4,5)6)22(24,25)19(16)23)14(12-30(26,27)29)13-10-8-7-9-11-13/h7-12H,1-6H3. The van der Waals surface area contributed by atoms with Crippen LogP contribution in [-0.2, 0) is 9.36 Å². The van der Waals surface area contributed by atoms with E-state index in [2.05, 4.69) is 0 Å². The predicted octanol–water partition coefficient (Wildman–Crippen LogP) is 9.34. The van der Waals surface area contributed by atoms with Crippen molar-refractivity contribution in [3.05, 3.63) is 63.5 Å². The minimum atomic E-state index is -3.72. The van der Waals surface area contributed by atoms with E-state index in [-0.39, 0.29) is 22.0 Å². The summed E-state index contributed by atoms with van der Waals surface area (Å²) < 4.78 is 10.8. The Morgan fingerprint density at radius 1 is 0.967 bits per heavy atom. The lowest BCUT2D eigenvalue weighted by atomic mass is 9.69. The zero-order valence-electron chi connectivity index (χ0n) is 17.6. The molecule has 0 atom stereocenters. The van der Waals surface area contributed by atoms with E-state index in [1.807, 2.05) is 47.6 Å². The van der Waals surface area contributed by atoms with E-state index in [0.717, 1.165) is 0 Å². The quantitative estimate of drug-likeness (QED) is 0.289. The summed E-state index contributed by atoms with van der Waals surface area (Å²) in [5.74, 6) is -2.84. The molecular weight excluding hydrogens is 504 g/mol. The van der Waals surface area contributed by atoms with E-state index in [1.165, 1.54) is 5.82 Å². The maximum Gasteiger partial charge on any atom is 0.275 e. The summed E-state index contributed by atoms with van der Waals surface area (Å²) in [7, 11) is 0. The van der Waals surface area contributed by atoms with Crippen molar-refractivity contribution in [3.8, 4) is 0 Å². The van der Waals surface area contributed by atoms with Crippen LogP contribution in [0.15, 0.2) is 57.9 Å². The van der Waals surface area contributed by atoms with Crippen molar-refractivity contribution in [2.75, 3.05) is 0 Å². The maximum absolute atomic E-state index is 13.9. The van der Waals surface area contributed by atoms with Crippen molar-refractivity contribution in [3.63, 3.8) is 0 Å². The molecule has 1 aromatic carbocycles. The van der Waals surface area contributed by atoms with Gasteiger partial charge in [-0.3, -0.25) is 9.36 Å². The van der Waals surface area contributed by atoms with Crippen molar-refractivity contribution >= 4 is 74.5 Å². The normalized spacial score (nSPS) is 18.9. The largest absolute Gasteiger partial charge is 0.289 e. The molecule has 30 heavy (non-hydrogen) atoms. The van der Waals surface area contributed by atoms with E-state index < -0.39 is 21.0 Å². The molecule has 2 nitrogen and oxygen atoms in total. The molecule has 8 heteroatoms. The molecule has 1 aliphatic carbocycles. The molecule has 0 unspecified atom stereocenters. The lowest BCUT2D eigenvalue weighted by Crippen LogP contribution is -2.39. The average Bonchev–Trinajstić information content (AvgIpc) is 2.54. The first-order valence-electron chi connectivity index (χ1n) is 9.25. The number of hydrogen-bond acceptors (Lipinski definition) is 2. The molecule has 0 saturated heterocycles. The van der Waals surface area contributed by atoms with Gasteiger partial charge in [-0.25, -0.2) is 0 Å². The third kappa shape index (κ3) is 5.40. The van der Waals surface area contributed by atoms with E-state index in [1.54, 1.807) is 24.3 Å². The molecule has 0 aromatic heterocycles. The number of alkyl halides is 2. The van der Waals surface area contributed by atoms with Crippen LogP contribution in [0.4, 0.5) is 0 Å². The zero-order valence-corrected chi connectivity index (χ0v) is 22.3. The van der Waals surface area contributed by atoms with Crippen molar-refractivity contribution in [1.82, 2.24) is 0 Å². The Bertz CT molecular complexity index is 1000. The number of allylic oxidation sites excluding steroid dienone is 5. The minimum Gasteiger partial charge on any atom is -0.289 e. The zero-order chi connectivity index (χ0) is 23.3. The number of carbonyl (C=O) groups excluding carboxylic acids is 1. The number of hydrogen-bond donors (Lipinski definition) is 0. The molecule has 0 bridgehead atoms. The summed E-state index contributed by atoms with van der Waals surface area (Å²) in [5.41, 5.74) is 0.528. The lowest BCUT2D eigenvalue weighted by Gasteiger charge is -2.41. The molecule has 0 saturated carbocycles. The first-order valence-corrected chi connectivity index (χ1v) is 14.0. The highest BCUT2D eigenvalue weighted by Crippen LogP contribution is 2.62. The molecule has 1 aliphatic rings. The van der Waals surface area contributed by atoms with Crippen molar-refractivity contribution in [2.24, 2.45) is 10.8 Å². The van der Waals surface area contributed by atoms with Crippen LogP contribution in [0.25, 0.3) is 5.57 Å². The Morgan fingerprint density at radius 2 is 1.47 bits per heavy atom. The summed E-state index contributed by atoms with van der Waals surface area (Å²) in [6.07, 6.45) is 0. The Hall–Kier alpha value is -0.210. The minimum absolute atomic E-state index is 0.0735. The molecule has 0 heterocycles. The van der Waals surface area contributed by atoms with Gasteiger partial charge in [0.25, 0.3) is 5.85 Å². The van der Waals surface area contributed by atoms with Crippen LogP contribution >= 0.6 is 63.1 Å². The molecule has 0 fully saturated rings. The van der Waals surface area contributed by atoms with Gasteiger partial charge in [-0.2, -0.15) is 0 Å². The Morgan fingerprint density at radius 3 is 1.87 bits per heavy atom.